The average molecular weight is 713 g/mol. The highest BCUT2D eigenvalue weighted by Gasteiger charge is 2.50. The highest BCUT2D eigenvalue weighted by Crippen LogP contribution is 2.46. The number of imide groups is 2. The SMILES string of the molecule is CCOC(=O)N(C)C(=O)c1ccc(C2(c3ccc(C(=O)N(C)C(=O)OCC)cc3)CCCN2C(=O)[C@@H]2CCCN2C(=O)OCc2ccccc2)cc1. The summed E-state index contributed by atoms with van der Waals surface area (Å²) in [6, 6.07) is 22.0. The van der Waals surface area contributed by atoms with Crippen LogP contribution in [0.2, 0.25) is 0 Å². The molecule has 13 nitrogen and oxygen atoms in total. The van der Waals surface area contributed by atoms with Gasteiger partial charge in [-0.2, -0.15) is 0 Å². The fourth-order valence-corrected chi connectivity index (χ4v) is 6.88. The summed E-state index contributed by atoms with van der Waals surface area (Å²) in [6.07, 6.45) is 0.137. The summed E-state index contributed by atoms with van der Waals surface area (Å²) in [4.78, 5) is 83.8. The number of ether oxygens (including phenoxy) is 3. The molecule has 0 spiro atoms. The largest absolute Gasteiger partial charge is 0.449 e. The summed E-state index contributed by atoms with van der Waals surface area (Å²) < 4.78 is 15.6. The number of carbonyl (C=O) groups is 6. The van der Waals surface area contributed by atoms with Gasteiger partial charge in [0.25, 0.3) is 11.8 Å². The molecule has 0 aliphatic carbocycles. The van der Waals surface area contributed by atoms with Crippen LogP contribution in [0.15, 0.2) is 78.9 Å². The number of likely N-dealkylation sites (tertiary alicyclic amines) is 2. The van der Waals surface area contributed by atoms with Gasteiger partial charge >= 0.3 is 18.3 Å². The Morgan fingerprint density at radius 1 is 0.692 bits per heavy atom. The molecule has 0 bridgehead atoms. The van der Waals surface area contributed by atoms with Crippen molar-refractivity contribution in [3.63, 3.8) is 0 Å². The molecule has 6 amide bonds. The Balaban J connectivity index is 1.48. The van der Waals surface area contributed by atoms with Gasteiger partial charge in [0, 0.05) is 38.3 Å². The fourth-order valence-electron chi connectivity index (χ4n) is 6.88. The fraction of sp³-hybridized carbons (Fsp3) is 0.385. The molecule has 2 aliphatic rings. The van der Waals surface area contributed by atoms with Crippen molar-refractivity contribution in [2.45, 2.75) is 57.7 Å². The van der Waals surface area contributed by atoms with Crippen molar-refractivity contribution in [3.05, 3.63) is 107 Å². The monoisotopic (exact) mass is 712 g/mol. The lowest BCUT2D eigenvalue weighted by atomic mass is 9.79. The van der Waals surface area contributed by atoms with E-state index >= 15 is 0 Å². The van der Waals surface area contributed by atoms with Gasteiger partial charge in [0.15, 0.2) is 0 Å². The van der Waals surface area contributed by atoms with Gasteiger partial charge in [-0.25, -0.2) is 24.2 Å². The Kier molecular flexibility index (Phi) is 11.9. The topological polar surface area (TPSA) is 143 Å². The Labute approximate surface area is 303 Å². The first kappa shape index (κ1) is 37.5. The molecule has 1 atom stereocenters. The minimum Gasteiger partial charge on any atom is -0.449 e. The molecule has 274 valence electrons. The molecule has 0 radical (unpaired) electrons. The zero-order valence-electron chi connectivity index (χ0n) is 29.9. The maximum atomic E-state index is 14.7. The van der Waals surface area contributed by atoms with Crippen molar-refractivity contribution in [1.29, 1.82) is 0 Å². The van der Waals surface area contributed by atoms with Crippen LogP contribution in [0.5, 0.6) is 0 Å². The molecule has 0 N–H and O–H groups in total. The third-order valence-electron chi connectivity index (χ3n) is 9.54. The molecule has 0 saturated carbocycles. The van der Waals surface area contributed by atoms with Crippen LogP contribution in [0.1, 0.15) is 76.9 Å². The van der Waals surface area contributed by atoms with E-state index in [2.05, 4.69) is 0 Å². The molecule has 5 rings (SSSR count). The summed E-state index contributed by atoms with van der Waals surface area (Å²) in [7, 11) is 2.68. The van der Waals surface area contributed by atoms with Gasteiger partial charge in [-0.05, 0) is 80.5 Å². The molecule has 3 aromatic carbocycles. The summed E-state index contributed by atoms with van der Waals surface area (Å²) >= 11 is 0. The number of carbonyl (C=O) groups excluding carboxylic acids is 6. The van der Waals surface area contributed by atoms with E-state index in [1.807, 2.05) is 30.3 Å². The highest BCUT2D eigenvalue weighted by molar-refractivity contribution is 6.03. The smallest absolute Gasteiger partial charge is 0.416 e. The molecule has 2 heterocycles. The van der Waals surface area contributed by atoms with Crippen molar-refractivity contribution < 1.29 is 43.0 Å². The quantitative estimate of drug-likeness (QED) is 0.251. The Morgan fingerprint density at radius 3 is 1.71 bits per heavy atom. The average Bonchev–Trinajstić information content (AvgIpc) is 3.86. The molecule has 3 aromatic rings. The number of amides is 6. The molecule has 0 unspecified atom stereocenters. The number of rotatable bonds is 9. The molecular formula is C39H44N4O9. The van der Waals surface area contributed by atoms with E-state index in [1.165, 1.54) is 19.0 Å². The third kappa shape index (κ3) is 7.63. The van der Waals surface area contributed by atoms with Crippen molar-refractivity contribution in [3.8, 4) is 0 Å². The van der Waals surface area contributed by atoms with Crippen LogP contribution in [0.25, 0.3) is 0 Å². The lowest BCUT2D eigenvalue weighted by molar-refractivity contribution is -0.139. The van der Waals surface area contributed by atoms with Crippen molar-refractivity contribution in [2.24, 2.45) is 0 Å². The first-order chi connectivity index (χ1) is 25.0. The molecule has 2 aliphatic heterocycles. The maximum Gasteiger partial charge on any atom is 0.416 e. The molecule has 13 heteroatoms. The summed E-state index contributed by atoms with van der Waals surface area (Å²) in [6.45, 7) is 4.39. The third-order valence-corrected chi connectivity index (χ3v) is 9.54. The lowest BCUT2D eigenvalue weighted by Gasteiger charge is -2.42. The van der Waals surface area contributed by atoms with Crippen LogP contribution < -0.4 is 0 Å². The zero-order chi connectivity index (χ0) is 37.4. The van der Waals surface area contributed by atoms with Crippen LogP contribution in [0.4, 0.5) is 14.4 Å². The second-order valence-corrected chi connectivity index (χ2v) is 12.6. The second-order valence-electron chi connectivity index (χ2n) is 12.6. The standard InChI is InChI=1S/C39H44N4O9/c1-5-50-36(47)40(3)33(44)28-15-19-30(20-16-28)39(31-21-17-29(18-22-31)34(45)41(4)37(48)51-6-2)23-11-25-43(39)35(46)32-14-10-24-42(32)38(49)52-26-27-12-8-7-9-13-27/h7-9,12-13,15-22,32H,5-6,10-11,14,23-26H2,1-4H3/t32-/m0/s1. The van der Waals surface area contributed by atoms with Gasteiger partial charge in [0.05, 0.1) is 18.8 Å². The maximum absolute atomic E-state index is 14.7. The minimum absolute atomic E-state index is 0.0809. The van der Waals surface area contributed by atoms with Gasteiger partial charge in [0.2, 0.25) is 5.91 Å². The van der Waals surface area contributed by atoms with Crippen molar-refractivity contribution in [1.82, 2.24) is 19.6 Å². The predicted molar refractivity (Wildman–Crippen MR) is 189 cm³/mol. The molecular weight excluding hydrogens is 668 g/mol. The first-order valence-corrected chi connectivity index (χ1v) is 17.4. The van der Waals surface area contributed by atoms with Crippen LogP contribution in [0.3, 0.4) is 0 Å². The second kappa shape index (κ2) is 16.5. The number of benzene rings is 3. The lowest BCUT2D eigenvalue weighted by Crippen LogP contribution is -2.53. The molecule has 0 aromatic heterocycles. The van der Waals surface area contributed by atoms with Gasteiger partial charge in [-0.15, -0.1) is 0 Å². The van der Waals surface area contributed by atoms with Crippen molar-refractivity contribution >= 4 is 36.0 Å². The minimum atomic E-state index is -1.04. The Morgan fingerprint density at radius 2 is 1.21 bits per heavy atom. The van der Waals surface area contributed by atoms with E-state index < -0.39 is 41.7 Å². The normalized spacial score (nSPS) is 16.2. The van der Waals surface area contributed by atoms with E-state index in [9.17, 15) is 28.8 Å². The zero-order valence-corrected chi connectivity index (χ0v) is 29.9. The number of hydrogen-bond donors (Lipinski definition) is 0. The number of hydrogen-bond acceptors (Lipinski definition) is 9. The van der Waals surface area contributed by atoms with Crippen molar-refractivity contribution in [2.75, 3.05) is 40.4 Å². The van der Waals surface area contributed by atoms with Crippen LogP contribution in [0, 0.1) is 0 Å². The Hall–Kier alpha value is -5.72. The van der Waals surface area contributed by atoms with E-state index in [0.29, 0.717) is 49.9 Å². The predicted octanol–water partition coefficient (Wildman–Crippen LogP) is 5.81. The highest BCUT2D eigenvalue weighted by atomic mass is 16.6. The van der Waals surface area contributed by atoms with E-state index in [-0.39, 0.29) is 36.9 Å². The van der Waals surface area contributed by atoms with Gasteiger partial charge < -0.3 is 19.1 Å². The van der Waals surface area contributed by atoms with E-state index in [0.717, 1.165) is 15.4 Å². The van der Waals surface area contributed by atoms with Crippen LogP contribution in [-0.4, -0.2) is 102 Å². The van der Waals surface area contributed by atoms with Gasteiger partial charge in [-0.3, -0.25) is 19.3 Å². The molecule has 2 saturated heterocycles. The molecule has 2 fully saturated rings. The van der Waals surface area contributed by atoms with Crippen LogP contribution >= 0.6 is 0 Å². The first-order valence-electron chi connectivity index (χ1n) is 17.4. The Bertz CT molecular complexity index is 1700. The van der Waals surface area contributed by atoms with Crippen LogP contribution in [-0.2, 0) is 31.2 Å². The van der Waals surface area contributed by atoms with E-state index in [4.69, 9.17) is 14.2 Å². The van der Waals surface area contributed by atoms with Gasteiger partial charge in [-0.1, -0.05) is 54.6 Å². The summed E-state index contributed by atoms with van der Waals surface area (Å²) in [5, 5.41) is 0. The summed E-state index contributed by atoms with van der Waals surface area (Å²) in [5.74, 6) is -1.35. The van der Waals surface area contributed by atoms with E-state index in [1.54, 1.807) is 67.3 Å². The van der Waals surface area contributed by atoms with Gasteiger partial charge in [0.1, 0.15) is 12.6 Å². The number of nitrogens with zero attached hydrogens (tertiary/aromatic N) is 4. The summed E-state index contributed by atoms with van der Waals surface area (Å²) in [5.41, 5.74) is 1.69. The molecule has 52 heavy (non-hydrogen) atoms.